The summed E-state index contributed by atoms with van der Waals surface area (Å²) in [5, 5.41) is 0.633. The largest absolute Gasteiger partial charge is 0.430 e. The number of hydrogen-bond acceptors (Lipinski definition) is 3. The molecule has 17 heavy (non-hydrogen) atoms. The van der Waals surface area contributed by atoms with Crippen molar-refractivity contribution in [1.29, 1.82) is 0 Å². The SMILES string of the molecule is Cc1c(-c2ccc(Cl)cc2)oc(=S)n(C)c1=O. The summed E-state index contributed by atoms with van der Waals surface area (Å²) in [5.41, 5.74) is 1.17. The average molecular weight is 268 g/mol. The Hall–Kier alpha value is -1.39. The second-order valence-corrected chi connectivity index (χ2v) is 4.48. The minimum absolute atomic E-state index is 0.147. The van der Waals surface area contributed by atoms with Gasteiger partial charge < -0.3 is 4.42 Å². The second-order valence-electron chi connectivity index (χ2n) is 3.69. The van der Waals surface area contributed by atoms with Crippen LogP contribution in [0.2, 0.25) is 5.02 Å². The summed E-state index contributed by atoms with van der Waals surface area (Å²) in [6, 6.07) is 7.07. The molecular weight excluding hydrogens is 258 g/mol. The molecule has 2 aromatic rings. The van der Waals surface area contributed by atoms with Crippen LogP contribution >= 0.6 is 23.8 Å². The van der Waals surface area contributed by atoms with E-state index in [0.717, 1.165) is 5.56 Å². The van der Waals surface area contributed by atoms with Crippen molar-refractivity contribution in [2.45, 2.75) is 6.92 Å². The van der Waals surface area contributed by atoms with Crippen molar-refractivity contribution >= 4 is 23.8 Å². The molecule has 2 rings (SSSR count). The summed E-state index contributed by atoms with van der Waals surface area (Å²) in [5.74, 6) is 0.495. The monoisotopic (exact) mass is 267 g/mol. The van der Waals surface area contributed by atoms with Crippen LogP contribution in [0, 0.1) is 11.8 Å². The van der Waals surface area contributed by atoms with E-state index in [2.05, 4.69) is 0 Å². The number of aromatic nitrogens is 1. The summed E-state index contributed by atoms with van der Waals surface area (Å²) in [4.78, 5) is 12.0. The maximum absolute atomic E-state index is 11.9. The van der Waals surface area contributed by atoms with Crippen molar-refractivity contribution in [2.24, 2.45) is 7.05 Å². The highest BCUT2D eigenvalue weighted by molar-refractivity contribution is 7.71. The lowest BCUT2D eigenvalue weighted by Gasteiger charge is -2.06. The van der Waals surface area contributed by atoms with Gasteiger partial charge in [-0.1, -0.05) is 11.6 Å². The highest BCUT2D eigenvalue weighted by Crippen LogP contribution is 2.23. The van der Waals surface area contributed by atoms with Gasteiger partial charge in [-0.2, -0.15) is 0 Å². The lowest BCUT2D eigenvalue weighted by atomic mass is 10.1. The Labute approximate surface area is 108 Å². The highest BCUT2D eigenvalue weighted by atomic mass is 35.5. The Balaban J connectivity index is 2.73. The fraction of sp³-hybridized carbons (Fsp3) is 0.167. The van der Waals surface area contributed by atoms with Crippen molar-refractivity contribution in [3.05, 3.63) is 50.0 Å². The molecule has 0 amide bonds. The molecule has 0 spiro atoms. The Morgan fingerprint density at radius 2 is 1.88 bits per heavy atom. The summed E-state index contributed by atoms with van der Waals surface area (Å²) in [7, 11) is 1.59. The zero-order chi connectivity index (χ0) is 12.6. The van der Waals surface area contributed by atoms with E-state index in [-0.39, 0.29) is 10.4 Å². The zero-order valence-corrected chi connectivity index (χ0v) is 10.9. The summed E-state index contributed by atoms with van der Waals surface area (Å²) in [6.07, 6.45) is 0. The first kappa shape index (κ1) is 12.1. The molecule has 0 saturated heterocycles. The third-order valence-corrected chi connectivity index (χ3v) is 3.14. The lowest BCUT2D eigenvalue weighted by Crippen LogP contribution is -2.20. The summed E-state index contributed by atoms with van der Waals surface area (Å²) in [6.45, 7) is 1.71. The molecule has 3 nitrogen and oxygen atoms in total. The number of hydrogen-bond donors (Lipinski definition) is 0. The normalized spacial score (nSPS) is 10.5. The molecule has 1 aromatic heterocycles. The number of halogens is 1. The average Bonchev–Trinajstić information content (AvgIpc) is 2.32. The lowest BCUT2D eigenvalue weighted by molar-refractivity contribution is 0.478. The molecule has 1 heterocycles. The van der Waals surface area contributed by atoms with Crippen molar-refractivity contribution < 1.29 is 4.42 Å². The van der Waals surface area contributed by atoms with Gasteiger partial charge in [0, 0.05) is 17.6 Å². The molecule has 0 unspecified atom stereocenters. The van der Waals surface area contributed by atoms with Crippen molar-refractivity contribution in [3.8, 4) is 11.3 Å². The summed E-state index contributed by atoms with van der Waals surface area (Å²) >= 11 is 10.8. The zero-order valence-electron chi connectivity index (χ0n) is 9.36. The van der Waals surface area contributed by atoms with E-state index >= 15 is 0 Å². The molecule has 0 saturated carbocycles. The van der Waals surface area contributed by atoms with Crippen molar-refractivity contribution in [2.75, 3.05) is 0 Å². The van der Waals surface area contributed by atoms with E-state index in [0.29, 0.717) is 16.3 Å². The Bertz CT molecular complexity index is 670. The van der Waals surface area contributed by atoms with Crippen molar-refractivity contribution in [3.63, 3.8) is 0 Å². The molecule has 0 aliphatic carbocycles. The Kier molecular flexibility index (Phi) is 3.17. The minimum atomic E-state index is -0.147. The van der Waals surface area contributed by atoms with E-state index < -0.39 is 0 Å². The minimum Gasteiger partial charge on any atom is -0.430 e. The van der Waals surface area contributed by atoms with Crippen molar-refractivity contribution in [1.82, 2.24) is 4.57 Å². The van der Waals surface area contributed by atoms with E-state index in [1.54, 1.807) is 38.2 Å². The third-order valence-electron chi connectivity index (χ3n) is 2.54. The number of nitrogens with zero attached hydrogens (tertiary/aromatic N) is 1. The van der Waals surface area contributed by atoms with Crippen LogP contribution in [0.25, 0.3) is 11.3 Å². The molecule has 0 radical (unpaired) electrons. The fourth-order valence-corrected chi connectivity index (χ4v) is 1.83. The highest BCUT2D eigenvalue weighted by Gasteiger charge is 2.10. The van der Waals surface area contributed by atoms with Crippen LogP contribution in [0.4, 0.5) is 0 Å². The predicted molar refractivity (Wildman–Crippen MR) is 70.0 cm³/mol. The first-order chi connectivity index (χ1) is 8.00. The molecule has 0 aliphatic rings. The van der Waals surface area contributed by atoms with Gasteiger partial charge in [0.15, 0.2) is 0 Å². The van der Waals surface area contributed by atoms with Gasteiger partial charge in [-0.05, 0) is 43.4 Å². The molecule has 5 heteroatoms. The van der Waals surface area contributed by atoms with E-state index in [1.165, 1.54) is 4.57 Å². The van der Waals surface area contributed by atoms with E-state index in [1.807, 2.05) is 0 Å². The topological polar surface area (TPSA) is 35.1 Å². The van der Waals surface area contributed by atoms with Gasteiger partial charge in [-0.25, -0.2) is 0 Å². The molecular formula is C12H10ClNO2S. The quantitative estimate of drug-likeness (QED) is 0.744. The van der Waals surface area contributed by atoms with Gasteiger partial charge in [-0.15, -0.1) is 0 Å². The van der Waals surface area contributed by atoms with Gasteiger partial charge in [0.2, 0.25) is 0 Å². The van der Waals surface area contributed by atoms with Gasteiger partial charge >= 0.3 is 0 Å². The number of rotatable bonds is 1. The fourth-order valence-electron chi connectivity index (χ4n) is 1.54. The first-order valence-corrected chi connectivity index (χ1v) is 5.76. The van der Waals surface area contributed by atoms with Crippen LogP contribution in [0.15, 0.2) is 33.5 Å². The van der Waals surface area contributed by atoms with Gasteiger partial charge in [0.1, 0.15) is 5.76 Å². The molecule has 0 aliphatic heterocycles. The Morgan fingerprint density at radius 1 is 1.29 bits per heavy atom. The standard InChI is InChI=1S/C12H10ClNO2S/c1-7-10(8-3-5-9(13)6-4-8)16-12(17)14(2)11(7)15/h3-6H,1-2H3. The van der Waals surface area contributed by atoms with Gasteiger partial charge in [0.25, 0.3) is 10.4 Å². The van der Waals surface area contributed by atoms with E-state index in [9.17, 15) is 4.79 Å². The molecule has 0 bridgehead atoms. The van der Waals surface area contributed by atoms with Crippen LogP contribution in [-0.2, 0) is 7.05 Å². The maximum atomic E-state index is 11.9. The molecule has 0 fully saturated rings. The molecule has 1 aromatic carbocycles. The third kappa shape index (κ3) is 2.18. The van der Waals surface area contributed by atoms with Crippen LogP contribution in [0.3, 0.4) is 0 Å². The first-order valence-electron chi connectivity index (χ1n) is 4.97. The van der Waals surface area contributed by atoms with Crippen LogP contribution in [0.1, 0.15) is 5.56 Å². The molecule has 0 atom stereocenters. The number of benzene rings is 1. The smallest absolute Gasteiger partial charge is 0.271 e. The second kappa shape index (κ2) is 4.47. The van der Waals surface area contributed by atoms with Gasteiger partial charge in [0.05, 0.1) is 5.56 Å². The van der Waals surface area contributed by atoms with Crippen LogP contribution in [-0.4, -0.2) is 4.57 Å². The van der Waals surface area contributed by atoms with Gasteiger partial charge in [-0.3, -0.25) is 9.36 Å². The van der Waals surface area contributed by atoms with Crippen LogP contribution in [0.5, 0.6) is 0 Å². The molecule has 0 N–H and O–H groups in total. The summed E-state index contributed by atoms with van der Waals surface area (Å²) < 4.78 is 6.79. The maximum Gasteiger partial charge on any atom is 0.271 e. The van der Waals surface area contributed by atoms with Crippen LogP contribution < -0.4 is 5.56 Å². The predicted octanol–water partition coefficient (Wildman–Crippen LogP) is 3.34. The Morgan fingerprint density at radius 3 is 2.47 bits per heavy atom. The molecule has 88 valence electrons. The van der Waals surface area contributed by atoms with E-state index in [4.69, 9.17) is 28.2 Å².